The van der Waals surface area contributed by atoms with Crippen molar-refractivity contribution in [2.24, 2.45) is 5.92 Å². The van der Waals surface area contributed by atoms with Gasteiger partial charge in [-0.1, -0.05) is 6.92 Å². The van der Waals surface area contributed by atoms with Crippen LogP contribution in [-0.4, -0.2) is 48.8 Å². The van der Waals surface area contributed by atoms with E-state index in [1.165, 1.54) is 31.4 Å². The molecular formula is C14H20N2O6S2. The Hall–Kier alpha value is -1.49. The van der Waals surface area contributed by atoms with E-state index in [-0.39, 0.29) is 22.9 Å². The Bertz CT molecular complexity index is 802. The SMILES string of the molecule is COCCCNS(=O)(=O)c1ccc(N2C(=O)[C@@H](C)CS2(=O)=O)cc1. The summed E-state index contributed by atoms with van der Waals surface area (Å²) in [4.78, 5) is 12.0. The lowest BCUT2D eigenvalue weighted by Crippen LogP contribution is -2.30. The van der Waals surface area contributed by atoms with Gasteiger partial charge in [-0.05, 0) is 30.7 Å². The molecule has 1 aliphatic rings. The van der Waals surface area contributed by atoms with Crippen LogP contribution in [0.2, 0.25) is 0 Å². The van der Waals surface area contributed by atoms with Crippen molar-refractivity contribution in [3.63, 3.8) is 0 Å². The number of carbonyl (C=O) groups is 1. The molecule has 1 amide bonds. The number of anilines is 1. The number of methoxy groups -OCH3 is 1. The molecule has 134 valence electrons. The minimum absolute atomic E-state index is 0.000703. The van der Waals surface area contributed by atoms with E-state index in [1.807, 2.05) is 0 Å². The molecule has 1 N–H and O–H groups in total. The van der Waals surface area contributed by atoms with Crippen LogP contribution in [0.15, 0.2) is 29.2 Å². The van der Waals surface area contributed by atoms with Crippen LogP contribution < -0.4 is 9.03 Å². The summed E-state index contributed by atoms with van der Waals surface area (Å²) in [6.07, 6.45) is 0.534. The van der Waals surface area contributed by atoms with E-state index in [0.29, 0.717) is 13.0 Å². The van der Waals surface area contributed by atoms with E-state index in [9.17, 15) is 21.6 Å². The molecule has 1 fully saturated rings. The molecule has 0 bridgehead atoms. The molecule has 1 heterocycles. The average molecular weight is 376 g/mol. The van der Waals surface area contributed by atoms with Gasteiger partial charge in [-0.3, -0.25) is 4.79 Å². The first-order valence-electron chi connectivity index (χ1n) is 7.34. The van der Waals surface area contributed by atoms with Gasteiger partial charge in [-0.2, -0.15) is 0 Å². The van der Waals surface area contributed by atoms with Gasteiger partial charge in [0.05, 0.1) is 22.3 Å². The van der Waals surface area contributed by atoms with Gasteiger partial charge in [0.15, 0.2) is 0 Å². The number of nitrogens with zero attached hydrogens (tertiary/aromatic N) is 1. The molecule has 0 saturated carbocycles. The number of benzene rings is 1. The van der Waals surface area contributed by atoms with E-state index in [4.69, 9.17) is 4.74 Å². The lowest BCUT2D eigenvalue weighted by atomic mass is 10.2. The summed E-state index contributed by atoms with van der Waals surface area (Å²) in [5.74, 6) is -1.36. The molecule has 0 radical (unpaired) electrons. The fraction of sp³-hybridized carbons (Fsp3) is 0.500. The second-order valence-electron chi connectivity index (χ2n) is 5.52. The first-order valence-corrected chi connectivity index (χ1v) is 10.4. The van der Waals surface area contributed by atoms with Crippen molar-refractivity contribution >= 4 is 31.6 Å². The van der Waals surface area contributed by atoms with E-state index < -0.39 is 31.9 Å². The predicted octanol–water partition coefficient (Wildman–Crippen LogP) is 0.314. The van der Waals surface area contributed by atoms with Crippen LogP contribution in [0.4, 0.5) is 5.69 Å². The Kier molecular flexibility index (Phi) is 5.63. The maximum Gasteiger partial charge on any atom is 0.244 e. The van der Waals surface area contributed by atoms with Crippen molar-refractivity contribution in [3.8, 4) is 0 Å². The number of sulfonamides is 2. The maximum absolute atomic E-state index is 12.1. The summed E-state index contributed by atoms with van der Waals surface area (Å²) in [5.41, 5.74) is 0.141. The summed E-state index contributed by atoms with van der Waals surface area (Å²) in [6, 6.07) is 5.19. The Morgan fingerprint density at radius 2 is 1.92 bits per heavy atom. The summed E-state index contributed by atoms with van der Waals surface area (Å²) in [5, 5.41) is 0. The van der Waals surface area contributed by atoms with Crippen molar-refractivity contribution in [2.45, 2.75) is 18.2 Å². The molecule has 0 spiro atoms. The number of amides is 1. The quantitative estimate of drug-likeness (QED) is 0.686. The van der Waals surface area contributed by atoms with Gasteiger partial charge in [0.25, 0.3) is 0 Å². The third kappa shape index (κ3) is 3.94. The summed E-state index contributed by atoms with van der Waals surface area (Å²) >= 11 is 0. The lowest BCUT2D eigenvalue weighted by molar-refractivity contribution is -0.119. The Balaban J connectivity index is 2.18. The molecule has 1 aliphatic heterocycles. The molecule has 8 nitrogen and oxygen atoms in total. The zero-order valence-electron chi connectivity index (χ0n) is 13.4. The smallest absolute Gasteiger partial charge is 0.244 e. The largest absolute Gasteiger partial charge is 0.385 e. The van der Waals surface area contributed by atoms with Gasteiger partial charge >= 0.3 is 0 Å². The predicted molar refractivity (Wildman–Crippen MR) is 88.6 cm³/mol. The fourth-order valence-electron chi connectivity index (χ4n) is 2.35. The molecule has 0 unspecified atom stereocenters. The molecule has 2 rings (SSSR count). The normalized spacial score (nSPS) is 20.5. The number of nitrogens with one attached hydrogen (secondary N) is 1. The van der Waals surface area contributed by atoms with Crippen LogP contribution in [0.25, 0.3) is 0 Å². The third-order valence-electron chi connectivity index (χ3n) is 3.56. The molecule has 1 aromatic rings. The molecular weight excluding hydrogens is 356 g/mol. The fourth-order valence-corrected chi connectivity index (χ4v) is 5.25. The Morgan fingerprint density at radius 1 is 1.29 bits per heavy atom. The topological polar surface area (TPSA) is 110 Å². The maximum atomic E-state index is 12.1. The first-order chi connectivity index (χ1) is 11.2. The number of rotatable bonds is 7. The van der Waals surface area contributed by atoms with Gasteiger partial charge in [0.2, 0.25) is 26.0 Å². The van der Waals surface area contributed by atoms with Crippen molar-refractivity contribution in [1.82, 2.24) is 4.72 Å². The number of hydrogen-bond acceptors (Lipinski definition) is 6. The summed E-state index contributed by atoms with van der Waals surface area (Å²) < 4.78 is 56.3. The van der Waals surface area contributed by atoms with Crippen LogP contribution in [0.1, 0.15) is 13.3 Å². The summed E-state index contributed by atoms with van der Waals surface area (Å²) in [7, 11) is -5.87. The number of carbonyl (C=O) groups excluding carboxylic acids is 1. The van der Waals surface area contributed by atoms with Crippen LogP contribution in [0.5, 0.6) is 0 Å². The number of ether oxygens (including phenoxy) is 1. The molecule has 10 heteroatoms. The van der Waals surface area contributed by atoms with E-state index in [0.717, 1.165) is 4.31 Å². The second-order valence-corrected chi connectivity index (χ2v) is 9.15. The zero-order valence-corrected chi connectivity index (χ0v) is 15.1. The highest BCUT2D eigenvalue weighted by molar-refractivity contribution is 7.94. The van der Waals surface area contributed by atoms with Crippen molar-refractivity contribution < 1.29 is 26.4 Å². The Morgan fingerprint density at radius 3 is 2.42 bits per heavy atom. The Labute approximate surface area is 141 Å². The van der Waals surface area contributed by atoms with E-state index >= 15 is 0 Å². The van der Waals surface area contributed by atoms with E-state index in [1.54, 1.807) is 6.92 Å². The molecule has 1 saturated heterocycles. The molecule has 0 aliphatic carbocycles. The van der Waals surface area contributed by atoms with Gasteiger partial charge in [0.1, 0.15) is 0 Å². The van der Waals surface area contributed by atoms with E-state index in [2.05, 4.69) is 4.72 Å². The minimum Gasteiger partial charge on any atom is -0.385 e. The van der Waals surface area contributed by atoms with Crippen molar-refractivity contribution in [2.75, 3.05) is 30.3 Å². The molecule has 0 aromatic heterocycles. The number of hydrogen-bond donors (Lipinski definition) is 1. The zero-order chi connectivity index (χ0) is 18.0. The van der Waals surface area contributed by atoms with Gasteiger partial charge < -0.3 is 4.74 Å². The van der Waals surface area contributed by atoms with Gasteiger partial charge in [-0.25, -0.2) is 25.9 Å². The lowest BCUT2D eigenvalue weighted by Gasteiger charge is -2.15. The highest BCUT2D eigenvalue weighted by Gasteiger charge is 2.41. The van der Waals surface area contributed by atoms with Crippen LogP contribution in [0.3, 0.4) is 0 Å². The molecule has 1 atom stereocenters. The first kappa shape index (κ1) is 18.8. The van der Waals surface area contributed by atoms with Gasteiger partial charge in [-0.15, -0.1) is 0 Å². The second kappa shape index (κ2) is 7.18. The van der Waals surface area contributed by atoms with Crippen LogP contribution >= 0.6 is 0 Å². The minimum atomic E-state index is -3.70. The van der Waals surface area contributed by atoms with Crippen molar-refractivity contribution in [3.05, 3.63) is 24.3 Å². The highest BCUT2D eigenvalue weighted by atomic mass is 32.2. The van der Waals surface area contributed by atoms with Gasteiger partial charge in [0, 0.05) is 20.3 Å². The molecule has 1 aromatic carbocycles. The monoisotopic (exact) mass is 376 g/mol. The third-order valence-corrected chi connectivity index (χ3v) is 6.90. The highest BCUT2D eigenvalue weighted by Crippen LogP contribution is 2.28. The summed E-state index contributed by atoms with van der Waals surface area (Å²) in [6.45, 7) is 2.21. The molecule has 24 heavy (non-hydrogen) atoms. The standard InChI is InChI=1S/C14H20N2O6S2/c1-11-10-23(18,19)16(14(11)17)12-4-6-13(7-5-12)24(20,21)15-8-3-9-22-2/h4-7,11,15H,3,8-10H2,1-2H3/t11-/m0/s1. The van der Waals surface area contributed by atoms with Crippen LogP contribution in [0, 0.1) is 5.92 Å². The van der Waals surface area contributed by atoms with Crippen molar-refractivity contribution in [1.29, 1.82) is 0 Å². The van der Waals surface area contributed by atoms with Crippen LogP contribution in [-0.2, 0) is 29.6 Å². The average Bonchev–Trinajstić information content (AvgIpc) is 2.72.